The van der Waals surface area contributed by atoms with Gasteiger partial charge in [0.2, 0.25) is 6.41 Å². The molecular formula is C6H8N4O. The van der Waals surface area contributed by atoms with E-state index in [1.807, 2.05) is 0 Å². The van der Waals surface area contributed by atoms with Gasteiger partial charge in [0.25, 0.3) is 0 Å². The highest BCUT2D eigenvalue weighted by molar-refractivity contribution is 5.77. The van der Waals surface area contributed by atoms with Crippen molar-refractivity contribution in [1.29, 1.82) is 0 Å². The number of nitrogens with one attached hydrogen (secondary N) is 2. The minimum absolute atomic E-state index is 0.574. The molecule has 1 aromatic heterocycles. The summed E-state index contributed by atoms with van der Waals surface area (Å²) in [4.78, 5) is 17.7. The fourth-order valence-electron chi connectivity index (χ4n) is 0.698. The number of anilines is 2. The summed E-state index contributed by atoms with van der Waals surface area (Å²) < 4.78 is 0. The molecule has 2 N–H and O–H groups in total. The maximum absolute atomic E-state index is 10.0. The summed E-state index contributed by atoms with van der Waals surface area (Å²) in [5.41, 5.74) is 0.574. The highest BCUT2D eigenvalue weighted by Crippen LogP contribution is 2.13. The molecule has 0 radical (unpaired) electrons. The lowest BCUT2D eigenvalue weighted by atomic mass is 10.5. The van der Waals surface area contributed by atoms with Crippen molar-refractivity contribution in [3.05, 3.63) is 12.5 Å². The van der Waals surface area contributed by atoms with Gasteiger partial charge in [0.1, 0.15) is 12.0 Å². The van der Waals surface area contributed by atoms with Crippen molar-refractivity contribution in [2.24, 2.45) is 0 Å². The summed E-state index contributed by atoms with van der Waals surface area (Å²) >= 11 is 0. The summed E-state index contributed by atoms with van der Waals surface area (Å²) in [6.07, 6.45) is 3.51. The number of hydrogen-bond acceptors (Lipinski definition) is 4. The normalized spacial score (nSPS) is 8.82. The lowest BCUT2D eigenvalue weighted by Gasteiger charge is -2.03. The smallest absolute Gasteiger partial charge is 0.211 e. The zero-order chi connectivity index (χ0) is 8.10. The van der Waals surface area contributed by atoms with E-state index >= 15 is 0 Å². The molecule has 0 saturated carbocycles. The first-order chi connectivity index (χ1) is 5.38. The van der Waals surface area contributed by atoms with Crippen LogP contribution in [0.2, 0.25) is 0 Å². The summed E-state index contributed by atoms with van der Waals surface area (Å²) in [5.74, 6) is 0.604. The van der Waals surface area contributed by atoms with E-state index in [1.165, 1.54) is 12.5 Å². The number of carbonyl (C=O) groups excluding carboxylic acids is 1. The summed E-state index contributed by atoms with van der Waals surface area (Å²) in [7, 11) is 1.72. The molecule has 11 heavy (non-hydrogen) atoms. The van der Waals surface area contributed by atoms with E-state index < -0.39 is 0 Å². The van der Waals surface area contributed by atoms with Gasteiger partial charge in [-0.25, -0.2) is 9.97 Å². The average Bonchev–Trinajstić information content (AvgIpc) is 2.06. The summed E-state index contributed by atoms with van der Waals surface area (Å²) in [6, 6.07) is 0. The Bertz CT molecular complexity index is 250. The zero-order valence-corrected chi connectivity index (χ0v) is 6.03. The number of rotatable bonds is 3. The molecule has 5 heteroatoms. The lowest BCUT2D eigenvalue weighted by Crippen LogP contribution is -2.01. The van der Waals surface area contributed by atoms with E-state index in [2.05, 4.69) is 20.6 Å². The van der Waals surface area contributed by atoms with Gasteiger partial charge in [-0.2, -0.15) is 0 Å². The molecule has 0 spiro atoms. The standard InChI is InChI=1S/C6H8N4O/c1-7-6-5(10-4-11)2-8-3-9-6/h2-4H,1H3,(H,10,11)(H,7,8,9). The van der Waals surface area contributed by atoms with Crippen LogP contribution in [0, 0.1) is 0 Å². The second-order valence-corrected chi connectivity index (χ2v) is 1.80. The number of amides is 1. The van der Waals surface area contributed by atoms with E-state index in [0.717, 1.165) is 0 Å². The van der Waals surface area contributed by atoms with Gasteiger partial charge in [-0.05, 0) is 0 Å². The van der Waals surface area contributed by atoms with Crippen LogP contribution in [-0.2, 0) is 4.79 Å². The molecule has 1 rings (SSSR count). The van der Waals surface area contributed by atoms with Crippen LogP contribution in [0.25, 0.3) is 0 Å². The third kappa shape index (κ3) is 1.64. The van der Waals surface area contributed by atoms with Gasteiger partial charge in [0.15, 0.2) is 5.82 Å². The number of carbonyl (C=O) groups is 1. The summed E-state index contributed by atoms with van der Waals surface area (Å²) in [6.45, 7) is 0. The first-order valence-electron chi connectivity index (χ1n) is 3.06. The predicted octanol–water partition coefficient (Wildman–Crippen LogP) is 0.0866. The molecule has 58 valence electrons. The van der Waals surface area contributed by atoms with Gasteiger partial charge in [0, 0.05) is 7.05 Å². The van der Waals surface area contributed by atoms with Crippen molar-refractivity contribution in [2.75, 3.05) is 17.7 Å². The van der Waals surface area contributed by atoms with Gasteiger partial charge in [-0.3, -0.25) is 4.79 Å². The van der Waals surface area contributed by atoms with Crippen LogP contribution < -0.4 is 10.6 Å². The first kappa shape index (κ1) is 7.46. The van der Waals surface area contributed by atoms with E-state index in [1.54, 1.807) is 7.05 Å². The fraction of sp³-hybridized carbons (Fsp3) is 0.167. The van der Waals surface area contributed by atoms with E-state index in [4.69, 9.17) is 0 Å². The molecule has 1 heterocycles. The first-order valence-corrected chi connectivity index (χ1v) is 3.06. The second-order valence-electron chi connectivity index (χ2n) is 1.80. The Balaban J connectivity index is 2.92. The van der Waals surface area contributed by atoms with Crippen molar-refractivity contribution >= 4 is 17.9 Å². The maximum Gasteiger partial charge on any atom is 0.211 e. The van der Waals surface area contributed by atoms with Crippen molar-refractivity contribution in [3.63, 3.8) is 0 Å². The molecular weight excluding hydrogens is 144 g/mol. The molecule has 0 aliphatic carbocycles. The second kappa shape index (κ2) is 3.50. The molecule has 0 atom stereocenters. The average molecular weight is 152 g/mol. The molecule has 0 aliphatic heterocycles. The Hall–Kier alpha value is -1.65. The number of nitrogens with zero attached hydrogens (tertiary/aromatic N) is 2. The van der Waals surface area contributed by atoms with Crippen molar-refractivity contribution in [2.45, 2.75) is 0 Å². The zero-order valence-electron chi connectivity index (χ0n) is 6.03. The maximum atomic E-state index is 10.0. The van der Waals surface area contributed by atoms with Gasteiger partial charge >= 0.3 is 0 Å². The van der Waals surface area contributed by atoms with Crippen LogP contribution in [0.5, 0.6) is 0 Å². The third-order valence-electron chi connectivity index (χ3n) is 1.16. The summed E-state index contributed by atoms with van der Waals surface area (Å²) in [5, 5.41) is 5.27. The number of hydrogen-bond donors (Lipinski definition) is 2. The SMILES string of the molecule is CNc1ncncc1NC=O. The van der Waals surface area contributed by atoms with E-state index in [9.17, 15) is 4.79 Å². The molecule has 5 nitrogen and oxygen atoms in total. The van der Waals surface area contributed by atoms with Gasteiger partial charge in [-0.15, -0.1) is 0 Å². The molecule has 0 bridgehead atoms. The Morgan fingerprint density at radius 1 is 1.64 bits per heavy atom. The Labute approximate surface area is 63.9 Å². The van der Waals surface area contributed by atoms with Gasteiger partial charge in [-0.1, -0.05) is 0 Å². The van der Waals surface area contributed by atoms with Crippen LogP contribution in [-0.4, -0.2) is 23.4 Å². The van der Waals surface area contributed by atoms with Crippen LogP contribution >= 0.6 is 0 Å². The van der Waals surface area contributed by atoms with Crippen LogP contribution in [0.4, 0.5) is 11.5 Å². The molecule has 0 aromatic carbocycles. The Morgan fingerprint density at radius 3 is 3.09 bits per heavy atom. The lowest BCUT2D eigenvalue weighted by molar-refractivity contribution is -0.105. The monoisotopic (exact) mass is 152 g/mol. The Kier molecular flexibility index (Phi) is 2.37. The van der Waals surface area contributed by atoms with Crippen molar-refractivity contribution in [3.8, 4) is 0 Å². The van der Waals surface area contributed by atoms with Crippen molar-refractivity contribution < 1.29 is 4.79 Å². The molecule has 0 fully saturated rings. The molecule has 0 saturated heterocycles. The third-order valence-corrected chi connectivity index (χ3v) is 1.16. The van der Waals surface area contributed by atoms with E-state index in [0.29, 0.717) is 17.9 Å². The predicted molar refractivity (Wildman–Crippen MR) is 41.3 cm³/mol. The largest absolute Gasteiger partial charge is 0.371 e. The number of aromatic nitrogens is 2. The van der Waals surface area contributed by atoms with Crippen molar-refractivity contribution in [1.82, 2.24) is 9.97 Å². The molecule has 1 amide bonds. The fourth-order valence-corrected chi connectivity index (χ4v) is 0.698. The molecule has 0 aliphatic rings. The minimum Gasteiger partial charge on any atom is -0.371 e. The van der Waals surface area contributed by atoms with E-state index in [-0.39, 0.29) is 0 Å². The minimum atomic E-state index is 0.574. The molecule has 0 unspecified atom stereocenters. The van der Waals surface area contributed by atoms with Gasteiger partial charge in [0.05, 0.1) is 6.20 Å². The highest BCUT2D eigenvalue weighted by Gasteiger charge is 1.97. The highest BCUT2D eigenvalue weighted by atomic mass is 16.1. The van der Waals surface area contributed by atoms with Gasteiger partial charge < -0.3 is 10.6 Å². The van der Waals surface area contributed by atoms with Crippen LogP contribution in [0.3, 0.4) is 0 Å². The van der Waals surface area contributed by atoms with Crippen LogP contribution in [0.1, 0.15) is 0 Å². The topological polar surface area (TPSA) is 66.9 Å². The Morgan fingerprint density at radius 2 is 2.45 bits per heavy atom. The van der Waals surface area contributed by atoms with Crippen LogP contribution in [0.15, 0.2) is 12.5 Å². The molecule has 1 aromatic rings. The quantitative estimate of drug-likeness (QED) is 0.602.